The van der Waals surface area contributed by atoms with Crippen molar-refractivity contribution in [2.24, 2.45) is 0 Å². The predicted molar refractivity (Wildman–Crippen MR) is 76.2 cm³/mol. The Morgan fingerprint density at radius 2 is 2.05 bits per heavy atom. The van der Waals surface area contributed by atoms with Gasteiger partial charge in [0.2, 0.25) is 0 Å². The van der Waals surface area contributed by atoms with Crippen LogP contribution in [0.1, 0.15) is 43.4 Å². The Balaban J connectivity index is 2.08. The maximum absolute atomic E-state index is 11.8. The molecule has 2 rings (SSSR count). The molecule has 0 fully saturated rings. The lowest BCUT2D eigenvalue weighted by atomic mass is 9.88. The summed E-state index contributed by atoms with van der Waals surface area (Å²) in [5.74, 6) is 0. The Morgan fingerprint density at radius 3 is 2.79 bits per heavy atom. The third-order valence-electron chi connectivity index (χ3n) is 3.55. The van der Waals surface area contributed by atoms with Crippen LogP contribution in [0.4, 0.5) is 4.79 Å². The molecule has 0 aliphatic heterocycles. The Bertz CT molecular complexity index is 454. The van der Waals surface area contributed by atoms with E-state index in [0.717, 1.165) is 6.42 Å². The number of nitrogens with zero attached hydrogens (tertiary/aromatic N) is 1. The number of ether oxygens (including phenoxy) is 1. The van der Waals surface area contributed by atoms with Crippen molar-refractivity contribution >= 4 is 6.09 Å². The first-order valence-electron chi connectivity index (χ1n) is 7.09. The van der Waals surface area contributed by atoms with Crippen molar-refractivity contribution in [3.8, 4) is 0 Å². The molecule has 1 aliphatic rings. The van der Waals surface area contributed by atoms with E-state index in [9.17, 15) is 4.79 Å². The van der Waals surface area contributed by atoms with Gasteiger partial charge in [-0.1, -0.05) is 18.2 Å². The molecule has 3 heteroatoms. The van der Waals surface area contributed by atoms with Crippen molar-refractivity contribution in [3.05, 3.63) is 34.9 Å². The molecule has 0 atom stereocenters. The number of rotatable bonds is 3. The molecule has 0 spiro atoms. The van der Waals surface area contributed by atoms with Gasteiger partial charge in [-0.25, -0.2) is 4.79 Å². The van der Waals surface area contributed by atoms with Crippen LogP contribution < -0.4 is 0 Å². The highest BCUT2D eigenvalue weighted by Gasteiger charge is 2.17. The lowest BCUT2D eigenvalue weighted by Crippen LogP contribution is -2.29. The standard InChI is InChI=1S/C16H23NO2/c1-12(2)19-16(18)17(3)11-14-9-6-8-13-7-4-5-10-15(13)14/h6,8-9,12H,4-5,7,10-11H2,1-3H3. The summed E-state index contributed by atoms with van der Waals surface area (Å²) in [6.45, 7) is 4.38. The highest BCUT2D eigenvalue weighted by atomic mass is 16.6. The summed E-state index contributed by atoms with van der Waals surface area (Å²) in [6.07, 6.45) is 4.52. The lowest BCUT2D eigenvalue weighted by molar-refractivity contribution is 0.0822. The van der Waals surface area contributed by atoms with Gasteiger partial charge in [-0.2, -0.15) is 0 Å². The van der Waals surface area contributed by atoms with Crippen LogP contribution in [0.2, 0.25) is 0 Å². The normalized spacial score (nSPS) is 14.1. The molecule has 0 heterocycles. The second kappa shape index (κ2) is 6.09. The van der Waals surface area contributed by atoms with Gasteiger partial charge in [0.05, 0.1) is 6.10 Å². The summed E-state index contributed by atoms with van der Waals surface area (Å²) >= 11 is 0. The van der Waals surface area contributed by atoms with Gasteiger partial charge in [0.1, 0.15) is 0 Å². The molecule has 104 valence electrons. The zero-order valence-electron chi connectivity index (χ0n) is 12.1. The summed E-state index contributed by atoms with van der Waals surface area (Å²) in [7, 11) is 1.80. The van der Waals surface area contributed by atoms with Crippen LogP contribution in [0, 0.1) is 0 Å². The molecule has 0 radical (unpaired) electrons. The number of carbonyl (C=O) groups is 1. The van der Waals surface area contributed by atoms with Crippen molar-refractivity contribution in [1.82, 2.24) is 4.90 Å². The molecule has 0 aromatic heterocycles. The summed E-state index contributed by atoms with van der Waals surface area (Å²) in [6, 6.07) is 6.44. The predicted octanol–water partition coefficient (Wildman–Crippen LogP) is 3.54. The minimum atomic E-state index is -0.247. The van der Waals surface area contributed by atoms with Crippen molar-refractivity contribution in [1.29, 1.82) is 0 Å². The topological polar surface area (TPSA) is 29.5 Å². The third-order valence-corrected chi connectivity index (χ3v) is 3.55. The summed E-state index contributed by atoms with van der Waals surface area (Å²) < 4.78 is 5.22. The Morgan fingerprint density at radius 1 is 1.32 bits per heavy atom. The van der Waals surface area contributed by atoms with Crippen molar-refractivity contribution < 1.29 is 9.53 Å². The van der Waals surface area contributed by atoms with E-state index in [4.69, 9.17) is 4.74 Å². The van der Waals surface area contributed by atoms with Crippen LogP contribution in [0.3, 0.4) is 0 Å². The molecule has 0 saturated heterocycles. The number of hydrogen-bond acceptors (Lipinski definition) is 2. The van der Waals surface area contributed by atoms with Crippen molar-refractivity contribution in [3.63, 3.8) is 0 Å². The average Bonchev–Trinajstić information content (AvgIpc) is 2.38. The fourth-order valence-corrected chi connectivity index (χ4v) is 2.62. The molecule has 19 heavy (non-hydrogen) atoms. The van der Waals surface area contributed by atoms with E-state index in [-0.39, 0.29) is 12.2 Å². The lowest BCUT2D eigenvalue weighted by Gasteiger charge is -2.23. The van der Waals surface area contributed by atoms with Gasteiger partial charge < -0.3 is 9.64 Å². The number of fused-ring (bicyclic) bond motifs is 1. The molecule has 0 N–H and O–H groups in total. The zero-order valence-corrected chi connectivity index (χ0v) is 12.1. The molecule has 1 aromatic carbocycles. The van der Waals surface area contributed by atoms with Crippen LogP contribution in [0.25, 0.3) is 0 Å². The summed E-state index contributed by atoms with van der Waals surface area (Å²) in [4.78, 5) is 13.5. The number of carbonyl (C=O) groups excluding carboxylic acids is 1. The van der Waals surface area contributed by atoms with Crippen LogP contribution in [-0.4, -0.2) is 24.1 Å². The Kier molecular flexibility index (Phi) is 4.46. The van der Waals surface area contributed by atoms with E-state index in [1.807, 2.05) is 13.8 Å². The van der Waals surface area contributed by atoms with E-state index < -0.39 is 0 Å². The van der Waals surface area contributed by atoms with Crippen molar-refractivity contribution in [2.45, 2.75) is 52.2 Å². The maximum Gasteiger partial charge on any atom is 0.410 e. The van der Waals surface area contributed by atoms with E-state index in [0.29, 0.717) is 6.54 Å². The van der Waals surface area contributed by atoms with Crippen LogP contribution >= 0.6 is 0 Å². The first kappa shape index (κ1) is 13.9. The van der Waals surface area contributed by atoms with Gasteiger partial charge >= 0.3 is 6.09 Å². The van der Waals surface area contributed by atoms with E-state index in [2.05, 4.69) is 18.2 Å². The van der Waals surface area contributed by atoms with Gasteiger partial charge in [0, 0.05) is 13.6 Å². The molecule has 3 nitrogen and oxygen atoms in total. The number of hydrogen-bond donors (Lipinski definition) is 0. The van der Waals surface area contributed by atoms with Crippen LogP contribution in [0.5, 0.6) is 0 Å². The highest BCUT2D eigenvalue weighted by Crippen LogP contribution is 2.25. The SMILES string of the molecule is CC(C)OC(=O)N(C)Cc1cccc2c1CCCC2. The molecule has 0 unspecified atom stereocenters. The van der Waals surface area contributed by atoms with Gasteiger partial charge in [-0.15, -0.1) is 0 Å². The second-order valence-electron chi connectivity index (χ2n) is 5.55. The summed E-state index contributed by atoms with van der Waals surface area (Å²) in [5, 5.41) is 0. The molecule has 1 aromatic rings. The number of benzene rings is 1. The number of amides is 1. The third kappa shape index (κ3) is 3.49. The Labute approximate surface area is 115 Å². The highest BCUT2D eigenvalue weighted by molar-refractivity contribution is 5.67. The van der Waals surface area contributed by atoms with Crippen molar-refractivity contribution in [2.75, 3.05) is 7.05 Å². The first-order valence-corrected chi connectivity index (χ1v) is 7.09. The molecule has 0 bridgehead atoms. The number of aryl methyl sites for hydroxylation is 1. The quantitative estimate of drug-likeness (QED) is 0.833. The minimum absolute atomic E-state index is 0.0698. The smallest absolute Gasteiger partial charge is 0.410 e. The van der Waals surface area contributed by atoms with Gasteiger partial charge in [0.15, 0.2) is 0 Å². The largest absolute Gasteiger partial charge is 0.447 e. The molecular formula is C16H23NO2. The molecule has 1 amide bonds. The Hall–Kier alpha value is -1.51. The van der Waals surface area contributed by atoms with Crippen LogP contribution in [0.15, 0.2) is 18.2 Å². The minimum Gasteiger partial charge on any atom is -0.447 e. The molecular weight excluding hydrogens is 238 g/mol. The summed E-state index contributed by atoms with van der Waals surface area (Å²) in [5.41, 5.74) is 4.16. The van der Waals surface area contributed by atoms with Gasteiger partial charge in [-0.3, -0.25) is 0 Å². The monoisotopic (exact) mass is 261 g/mol. The van der Waals surface area contributed by atoms with Gasteiger partial charge in [0.25, 0.3) is 0 Å². The van der Waals surface area contributed by atoms with Crippen LogP contribution in [-0.2, 0) is 24.1 Å². The molecule has 0 saturated carbocycles. The van der Waals surface area contributed by atoms with E-state index in [1.165, 1.54) is 36.0 Å². The average molecular weight is 261 g/mol. The van der Waals surface area contributed by atoms with E-state index in [1.54, 1.807) is 11.9 Å². The fourth-order valence-electron chi connectivity index (χ4n) is 2.62. The molecule has 1 aliphatic carbocycles. The fraction of sp³-hybridized carbons (Fsp3) is 0.562. The maximum atomic E-state index is 11.8. The second-order valence-corrected chi connectivity index (χ2v) is 5.55. The van der Waals surface area contributed by atoms with Gasteiger partial charge in [-0.05, 0) is 56.2 Å². The first-order chi connectivity index (χ1) is 9.08. The zero-order chi connectivity index (χ0) is 13.8. The van der Waals surface area contributed by atoms with E-state index >= 15 is 0 Å².